The van der Waals surface area contributed by atoms with Crippen molar-refractivity contribution in [2.45, 2.75) is 45.7 Å². The van der Waals surface area contributed by atoms with Gasteiger partial charge >= 0.3 is 0 Å². The summed E-state index contributed by atoms with van der Waals surface area (Å²) in [6.07, 6.45) is 2.00. The van der Waals surface area contributed by atoms with Crippen molar-refractivity contribution in [3.05, 3.63) is 35.6 Å². The molecule has 5 nitrogen and oxygen atoms in total. The number of benzene rings is 1. The summed E-state index contributed by atoms with van der Waals surface area (Å²) in [6.45, 7) is 7.32. The van der Waals surface area contributed by atoms with E-state index in [-0.39, 0.29) is 24.1 Å². The third-order valence-corrected chi connectivity index (χ3v) is 4.45. The monoisotopic (exact) mass is 349 g/mol. The number of halogens is 1. The van der Waals surface area contributed by atoms with E-state index in [2.05, 4.69) is 5.32 Å². The van der Waals surface area contributed by atoms with Crippen LogP contribution in [0.1, 0.15) is 38.7 Å². The summed E-state index contributed by atoms with van der Waals surface area (Å²) >= 11 is 0. The van der Waals surface area contributed by atoms with Crippen LogP contribution in [0.15, 0.2) is 24.3 Å². The highest BCUT2D eigenvalue weighted by atomic mass is 19.1. The summed E-state index contributed by atoms with van der Waals surface area (Å²) < 4.78 is 13.1. The minimum absolute atomic E-state index is 0.0230. The minimum Gasteiger partial charge on any atom is -0.353 e. The molecular weight excluding hydrogens is 321 g/mol. The van der Waals surface area contributed by atoms with Gasteiger partial charge in [0.15, 0.2) is 0 Å². The van der Waals surface area contributed by atoms with E-state index < -0.39 is 6.04 Å². The first-order valence-electron chi connectivity index (χ1n) is 9.09. The molecule has 0 spiro atoms. The molecule has 0 unspecified atom stereocenters. The number of nitrogens with zero attached hydrogens (tertiary/aromatic N) is 2. The zero-order valence-electron chi connectivity index (χ0n) is 15.1. The first-order valence-corrected chi connectivity index (χ1v) is 9.09. The van der Waals surface area contributed by atoms with Crippen molar-refractivity contribution >= 4 is 11.8 Å². The van der Waals surface area contributed by atoms with Crippen LogP contribution in [0, 0.1) is 5.82 Å². The standard InChI is InChI=1S/C19H28FN3O2/c1-3-10-22(11-4-2)18(24)13-17-19(25)21-9-12-23(17)14-15-5-7-16(20)8-6-15/h5-8,17H,3-4,9-14H2,1-2H3,(H,21,25)/t17-/m1/s1. The van der Waals surface area contributed by atoms with Gasteiger partial charge in [-0.2, -0.15) is 0 Å². The van der Waals surface area contributed by atoms with E-state index in [1.54, 1.807) is 12.1 Å². The Kier molecular flexibility index (Phi) is 7.37. The van der Waals surface area contributed by atoms with E-state index in [0.717, 1.165) is 31.5 Å². The maximum absolute atomic E-state index is 13.1. The smallest absolute Gasteiger partial charge is 0.237 e. The maximum Gasteiger partial charge on any atom is 0.237 e. The molecule has 138 valence electrons. The Morgan fingerprint density at radius 2 is 1.88 bits per heavy atom. The molecule has 2 rings (SSSR count). The van der Waals surface area contributed by atoms with Crippen LogP contribution in [0.4, 0.5) is 4.39 Å². The van der Waals surface area contributed by atoms with Crippen LogP contribution in [0.25, 0.3) is 0 Å². The van der Waals surface area contributed by atoms with E-state index in [0.29, 0.717) is 19.6 Å². The molecule has 25 heavy (non-hydrogen) atoms. The molecule has 0 saturated carbocycles. The molecule has 1 N–H and O–H groups in total. The van der Waals surface area contributed by atoms with Crippen molar-refractivity contribution in [3.8, 4) is 0 Å². The Balaban J connectivity index is 2.06. The fraction of sp³-hybridized carbons (Fsp3) is 0.579. The first-order chi connectivity index (χ1) is 12.0. The van der Waals surface area contributed by atoms with Gasteiger partial charge in [-0.1, -0.05) is 26.0 Å². The third kappa shape index (κ3) is 5.53. The fourth-order valence-electron chi connectivity index (χ4n) is 3.19. The molecule has 1 fully saturated rings. The van der Waals surface area contributed by atoms with Crippen molar-refractivity contribution in [2.24, 2.45) is 0 Å². The predicted octanol–water partition coefficient (Wildman–Crippen LogP) is 2.16. The summed E-state index contributed by atoms with van der Waals surface area (Å²) in [6, 6.07) is 5.82. The van der Waals surface area contributed by atoms with Crippen LogP contribution >= 0.6 is 0 Å². The van der Waals surface area contributed by atoms with Crippen molar-refractivity contribution in [2.75, 3.05) is 26.2 Å². The van der Waals surface area contributed by atoms with Gasteiger partial charge in [-0.15, -0.1) is 0 Å². The molecular formula is C19H28FN3O2. The van der Waals surface area contributed by atoms with Gasteiger partial charge in [0.2, 0.25) is 11.8 Å². The highest BCUT2D eigenvalue weighted by Gasteiger charge is 2.32. The lowest BCUT2D eigenvalue weighted by molar-refractivity contribution is -0.139. The SMILES string of the molecule is CCCN(CCC)C(=O)C[C@@H]1C(=O)NCCN1Cc1ccc(F)cc1. The lowest BCUT2D eigenvalue weighted by Gasteiger charge is -2.35. The highest BCUT2D eigenvalue weighted by Crippen LogP contribution is 2.16. The molecule has 2 amide bonds. The number of carbonyl (C=O) groups is 2. The number of hydrogen-bond donors (Lipinski definition) is 1. The molecule has 1 heterocycles. The number of amides is 2. The molecule has 0 aromatic heterocycles. The van der Waals surface area contributed by atoms with Gasteiger partial charge < -0.3 is 10.2 Å². The van der Waals surface area contributed by atoms with E-state index in [1.807, 2.05) is 23.6 Å². The molecule has 1 saturated heterocycles. The Labute approximate surface area is 149 Å². The lowest BCUT2D eigenvalue weighted by Crippen LogP contribution is -2.56. The van der Waals surface area contributed by atoms with E-state index in [9.17, 15) is 14.0 Å². The normalized spacial score (nSPS) is 18.0. The van der Waals surface area contributed by atoms with Crippen LogP contribution in [0.5, 0.6) is 0 Å². The van der Waals surface area contributed by atoms with E-state index in [1.165, 1.54) is 12.1 Å². The van der Waals surface area contributed by atoms with Crippen molar-refractivity contribution in [1.29, 1.82) is 0 Å². The Morgan fingerprint density at radius 3 is 2.48 bits per heavy atom. The Morgan fingerprint density at radius 1 is 1.24 bits per heavy atom. The van der Waals surface area contributed by atoms with Gasteiger partial charge in [-0.25, -0.2) is 4.39 Å². The number of rotatable bonds is 8. The van der Waals surface area contributed by atoms with Gasteiger partial charge in [0.1, 0.15) is 5.82 Å². The van der Waals surface area contributed by atoms with Gasteiger partial charge in [-0.3, -0.25) is 14.5 Å². The summed E-state index contributed by atoms with van der Waals surface area (Å²) in [5.41, 5.74) is 0.938. The van der Waals surface area contributed by atoms with Crippen molar-refractivity contribution in [1.82, 2.24) is 15.1 Å². The molecule has 0 aliphatic carbocycles. The predicted molar refractivity (Wildman–Crippen MR) is 95.4 cm³/mol. The van der Waals surface area contributed by atoms with Gasteiger partial charge in [0.05, 0.1) is 12.5 Å². The van der Waals surface area contributed by atoms with Crippen LogP contribution in [-0.4, -0.2) is 53.8 Å². The number of hydrogen-bond acceptors (Lipinski definition) is 3. The van der Waals surface area contributed by atoms with Gasteiger partial charge in [-0.05, 0) is 30.5 Å². The Hall–Kier alpha value is -1.95. The van der Waals surface area contributed by atoms with Crippen LogP contribution in [-0.2, 0) is 16.1 Å². The topological polar surface area (TPSA) is 52.7 Å². The second kappa shape index (κ2) is 9.51. The van der Waals surface area contributed by atoms with Gasteiger partial charge in [0, 0.05) is 32.7 Å². The average Bonchev–Trinajstić information content (AvgIpc) is 2.59. The largest absolute Gasteiger partial charge is 0.353 e. The molecule has 1 aromatic carbocycles. The number of nitrogens with one attached hydrogen (secondary N) is 1. The molecule has 6 heteroatoms. The lowest BCUT2D eigenvalue weighted by atomic mass is 10.1. The first kappa shape index (κ1) is 19.4. The highest BCUT2D eigenvalue weighted by molar-refractivity contribution is 5.88. The van der Waals surface area contributed by atoms with Crippen molar-refractivity contribution in [3.63, 3.8) is 0 Å². The second-order valence-corrected chi connectivity index (χ2v) is 6.49. The third-order valence-electron chi connectivity index (χ3n) is 4.45. The molecule has 0 bridgehead atoms. The molecule has 1 atom stereocenters. The molecule has 0 radical (unpaired) electrons. The van der Waals surface area contributed by atoms with Crippen LogP contribution in [0.3, 0.4) is 0 Å². The fourth-order valence-corrected chi connectivity index (χ4v) is 3.19. The summed E-state index contributed by atoms with van der Waals surface area (Å²) in [5.74, 6) is -0.355. The number of carbonyl (C=O) groups excluding carboxylic acids is 2. The summed E-state index contributed by atoms with van der Waals surface area (Å²) in [7, 11) is 0. The molecule has 1 aromatic rings. The van der Waals surface area contributed by atoms with Crippen LogP contribution in [0.2, 0.25) is 0 Å². The van der Waals surface area contributed by atoms with E-state index >= 15 is 0 Å². The average molecular weight is 349 g/mol. The van der Waals surface area contributed by atoms with Gasteiger partial charge in [0.25, 0.3) is 0 Å². The number of piperazine rings is 1. The summed E-state index contributed by atoms with van der Waals surface area (Å²) in [4.78, 5) is 28.8. The second-order valence-electron chi connectivity index (χ2n) is 6.49. The zero-order valence-corrected chi connectivity index (χ0v) is 15.1. The zero-order chi connectivity index (χ0) is 18.2. The minimum atomic E-state index is -0.470. The quantitative estimate of drug-likeness (QED) is 0.783. The Bertz CT molecular complexity index is 571. The molecule has 1 aliphatic heterocycles. The molecule has 1 aliphatic rings. The summed E-state index contributed by atoms with van der Waals surface area (Å²) in [5, 5.41) is 2.85. The maximum atomic E-state index is 13.1. The van der Waals surface area contributed by atoms with Crippen molar-refractivity contribution < 1.29 is 14.0 Å². The van der Waals surface area contributed by atoms with Crippen LogP contribution < -0.4 is 5.32 Å². The van der Waals surface area contributed by atoms with E-state index in [4.69, 9.17) is 0 Å².